The first-order valence-corrected chi connectivity index (χ1v) is 22.3. The molecule has 3 N–H and O–H groups in total. The van der Waals surface area contributed by atoms with Gasteiger partial charge in [0.1, 0.15) is 0 Å². The summed E-state index contributed by atoms with van der Waals surface area (Å²) in [6, 6.07) is -0.638. The van der Waals surface area contributed by atoms with E-state index in [0.29, 0.717) is 19.4 Å². The van der Waals surface area contributed by atoms with E-state index in [2.05, 4.69) is 43.5 Å². The monoisotopic (exact) mass is 732 g/mol. The first-order valence-electron chi connectivity index (χ1n) is 22.3. The highest BCUT2D eigenvalue weighted by molar-refractivity contribution is 5.76. The van der Waals surface area contributed by atoms with Crippen LogP contribution >= 0.6 is 0 Å². The van der Waals surface area contributed by atoms with Crippen molar-refractivity contribution in [2.45, 2.75) is 231 Å². The second-order valence-corrected chi connectivity index (χ2v) is 15.0. The lowest BCUT2D eigenvalue weighted by molar-refractivity contribution is -0.143. The first-order chi connectivity index (χ1) is 25.5. The quantitative estimate of drug-likeness (QED) is 0.0331. The van der Waals surface area contributed by atoms with E-state index in [1.807, 2.05) is 6.08 Å². The van der Waals surface area contributed by atoms with Crippen LogP contribution in [0.1, 0.15) is 219 Å². The van der Waals surface area contributed by atoms with Gasteiger partial charge in [-0.25, -0.2) is 0 Å². The van der Waals surface area contributed by atoms with Gasteiger partial charge in [0.25, 0.3) is 0 Å². The minimum atomic E-state index is -0.853. The highest BCUT2D eigenvalue weighted by Gasteiger charge is 2.18. The van der Waals surface area contributed by atoms with Gasteiger partial charge in [0.05, 0.1) is 25.4 Å². The molecule has 0 aromatic carbocycles. The maximum absolute atomic E-state index is 12.3. The molecule has 0 aliphatic heterocycles. The Morgan fingerprint density at radius 2 is 0.981 bits per heavy atom. The molecule has 0 radical (unpaired) electrons. The number of hydrogen-bond acceptors (Lipinski definition) is 5. The van der Waals surface area contributed by atoms with E-state index >= 15 is 0 Å². The van der Waals surface area contributed by atoms with Gasteiger partial charge in [-0.1, -0.05) is 185 Å². The van der Waals surface area contributed by atoms with E-state index in [4.69, 9.17) is 4.74 Å². The van der Waals surface area contributed by atoms with Crippen LogP contribution in [0.15, 0.2) is 36.5 Å². The molecule has 6 heteroatoms. The van der Waals surface area contributed by atoms with Gasteiger partial charge in [-0.05, 0) is 57.8 Å². The Morgan fingerprint density at radius 1 is 0.538 bits per heavy atom. The summed E-state index contributed by atoms with van der Waals surface area (Å²) in [6.07, 6.45) is 48.4. The van der Waals surface area contributed by atoms with E-state index in [1.165, 1.54) is 122 Å². The van der Waals surface area contributed by atoms with Gasteiger partial charge >= 0.3 is 5.97 Å². The lowest BCUT2D eigenvalue weighted by atomic mass is 10.0. The summed E-state index contributed by atoms with van der Waals surface area (Å²) < 4.78 is 5.43. The summed E-state index contributed by atoms with van der Waals surface area (Å²) in [6.45, 7) is 4.77. The molecular formula is C46H85NO5. The number of unbranched alkanes of at least 4 members (excludes halogenated alkanes) is 25. The Bertz CT molecular complexity index is 854. The fourth-order valence-electron chi connectivity index (χ4n) is 6.41. The molecule has 0 fully saturated rings. The number of aliphatic hydroxyl groups excluding tert-OH is 2. The van der Waals surface area contributed by atoms with Crippen molar-refractivity contribution in [2.75, 3.05) is 13.2 Å². The van der Waals surface area contributed by atoms with E-state index < -0.39 is 12.1 Å². The molecule has 0 rings (SSSR count). The molecule has 6 nitrogen and oxygen atoms in total. The number of aliphatic hydroxyl groups is 2. The summed E-state index contributed by atoms with van der Waals surface area (Å²) in [5.41, 5.74) is 0. The number of carbonyl (C=O) groups excluding carboxylic acids is 2. The molecule has 0 aliphatic carbocycles. The molecule has 304 valence electrons. The minimum absolute atomic E-state index is 0.0270. The van der Waals surface area contributed by atoms with Crippen molar-refractivity contribution in [1.29, 1.82) is 0 Å². The first kappa shape index (κ1) is 50.1. The summed E-state index contributed by atoms with van der Waals surface area (Å²) in [5.74, 6) is -0.116. The van der Waals surface area contributed by atoms with Crippen molar-refractivity contribution in [3.63, 3.8) is 0 Å². The standard InChI is InChI=1S/C46H85NO5/c1-3-5-7-9-11-13-14-15-16-20-24-28-32-36-40-46(51)52-41-37-33-29-25-21-18-17-19-23-27-31-35-39-45(50)47-43(42-48)44(49)38-34-30-26-22-12-10-8-6-4-2/h9,11,14-15,34,38,43-44,48-49H,3-8,10,12-13,16-33,35-37,39-42H2,1-2H3,(H,47,50)/b11-9-,15-14-,38-34+. The predicted molar refractivity (Wildman–Crippen MR) is 222 cm³/mol. The number of ether oxygens (including phenoxy) is 1. The van der Waals surface area contributed by atoms with Gasteiger partial charge in [-0.3, -0.25) is 9.59 Å². The predicted octanol–water partition coefficient (Wildman–Crippen LogP) is 12.6. The molecule has 1 amide bonds. The van der Waals surface area contributed by atoms with Gasteiger partial charge < -0.3 is 20.3 Å². The third-order valence-corrected chi connectivity index (χ3v) is 9.91. The van der Waals surface area contributed by atoms with E-state index in [-0.39, 0.29) is 18.5 Å². The zero-order valence-electron chi connectivity index (χ0n) is 34.3. The van der Waals surface area contributed by atoms with Gasteiger partial charge in [-0.15, -0.1) is 0 Å². The minimum Gasteiger partial charge on any atom is -0.466 e. The smallest absolute Gasteiger partial charge is 0.305 e. The van der Waals surface area contributed by atoms with Crippen molar-refractivity contribution >= 4 is 11.9 Å². The van der Waals surface area contributed by atoms with E-state index in [0.717, 1.165) is 70.6 Å². The molecule has 0 aliphatic rings. The molecule has 0 saturated heterocycles. The molecule has 0 aromatic rings. The molecular weight excluding hydrogens is 647 g/mol. The topological polar surface area (TPSA) is 95.9 Å². The van der Waals surface area contributed by atoms with Crippen LogP contribution in [0.5, 0.6) is 0 Å². The summed E-state index contributed by atoms with van der Waals surface area (Å²) in [4.78, 5) is 24.3. The number of carbonyl (C=O) groups is 2. The van der Waals surface area contributed by atoms with Crippen LogP contribution in [0.2, 0.25) is 0 Å². The van der Waals surface area contributed by atoms with Gasteiger partial charge in [0.15, 0.2) is 0 Å². The van der Waals surface area contributed by atoms with E-state index in [9.17, 15) is 19.8 Å². The highest BCUT2D eigenvalue weighted by Crippen LogP contribution is 2.14. The van der Waals surface area contributed by atoms with Crippen LogP contribution in [0.25, 0.3) is 0 Å². The lowest BCUT2D eigenvalue weighted by Crippen LogP contribution is -2.45. The Morgan fingerprint density at radius 3 is 1.52 bits per heavy atom. The zero-order valence-corrected chi connectivity index (χ0v) is 34.3. The maximum atomic E-state index is 12.3. The third kappa shape index (κ3) is 37.8. The Kier molecular flexibility index (Phi) is 40.3. The number of amides is 1. The number of esters is 1. The number of nitrogens with one attached hydrogen (secondary N) is 1. The summed E-state index contributed by atoms with van der Waals surface area (Å²) >= 11 is 0. The average Bonchev–Trinajstić information content (AvgIpc) is 3.14. The molecule has 0 aromatic heterocycles. The van der Waals surface area contributed by atoms with Gasteiger partial charge in [0, 0.05) is 12.8 Å². The Hall–Kier alpha value is -1.92. The molecule has 52 heavy (non-hydrogen) atoms. The Labute approximate surface area is 322 Å². The number of allylic oxidation sites excluding steroid dienone is 5. The van der Waals surface area contributed by atoms with Crippen LogP contribution in [0, 0.1) is 0 Å². The van der Waals surface area contributed by atoms with Crippen molar-refractivity contribution in [3.8, 4) is 0 Å². The fraction of sp³-hybridized carbons (Fsp3) is 0.826. The maximum Gasteiger partial charge on any atom is 0.305 e. The Balaban J connectivity index is 3.49. The highest BCUT2D eigenvalue weighted by atomic mass is 16.5. The molecule has 0 spiro atoms. The average molecular weight is 732 g/mol. The van der Waals surface area contributed by atoms with E-state index in [1.54, 1.807) is 6.08 Å². The SMILES string of the molecule is CCCC/C=C\C/C=C\CCCCCCCC(=O)OCCCCCCCCCCCCCCC(=O)NC(CO)C(O)/C=C/CCCCCCCCC. The molecule has 2 atom stereocenters. The van der Waals surface area contributed by atoms with Gasteiger partial charge in [0.2, 0.25) is 5.91 Å². The molecule has 0 bridgehead atoms. The number of hydrogen-bond donors (Lipinski definition) is 3. The number of rotatable bonds is 40. The van der Waals surface area contributed by atoms with Crippen molar-refractivity contribution in [3.05, 3.63) is 36.5 Å². The molecule has 2 unspecified atom stereocenters. The second-order valence-electron chi connectivity index (χ2n) is 15.0. The van der Waals surface area contributed by atoms with Crippen molar-refractivity contribution in [1.82, 2.24) is 5.32 Å². The third-order valence-electron chi connectivity index (χ3n) is 9.91. The molecule has 0 saturated carbocycles. The second kappa shape index (κ2) is 41.8. The summed E-state index contributed by atoms with van der Waals surface area (Å²) in [5, 5.41) is 22.8. The van der Waals surface area contributed by atoms with Crippen LogP contribution in [-0.2, 0) is 14.3 Å². The fourth-order valence-corrected chi connectivity index (χ4v) is 6.41. The van der Waals surface area contributed by atoms with Crippen LogP contribution in [0.4, 0.5) is 0 Å². The van der Waals surface area contributed by atoms with Crippen molar-refractivity contribution in [2.24, 2.45) is 0 Å². The van der Waals surface area contributed by atoms with Crippen molar-refractivity contribution < 1.29 is 24.5 Å². The molecule has 0 heterocycles. The van der Waals surface area contributed by atoms with Crippen LogP contribution in [0.3, 0.4) is 0 Å². The normalized spacial score (nSPS) is 13.1. The summed E-state index contributed by atoms with van der Waals surface area (Å²) in [7, 11) is 0. The van der Waals surface area contributed by atoms with Gasteiger partial charge in [-0.2, -0.15) is 0 Å². The largest absolute Gasteiger partial charge is 0.466 e. The lowest BCUT2D eigenvalue weighted by Gasteiger charge is -2.20. The van der Waals surface area contributed by atoms with Crippen LogP contribution < -0.4 is 5.32 Å². The van der Waals surface area contributed by atoms with Crippen LogP contribution in [-0.4, -0.2) is 47.4 Å². The zero-order chi connectivity index (χ0) is 38.0.